The summed E-state index contributed by atoms with van der Waals surface area (Å²) in [5.41, 5.74) is 6.73. The van der Waals surface area contributed by atoms with E-state index in [1.54, 1.807) is 36.4 Å². The third kappa shape index (κ3) is 5.47. The van der Waals surface area contributed by atoms with Gasteiger partial charge in [0, 0.05) is 0 Å². The predicted molar refractivity (Wildman–Crippen MR) is 76.2 cm³/mol. The van der Waals surface area contributed by atoms with Gasteiger partial charge in [0.15, 0.2) is 0 Å². The van der Waals surface area contributed by atoms with Crippen LogP contribution in [-0.4, -0.2) is 28.2 Å². The zero-order chi connectivity index (χ0) is 15.8. The largest absolute Gasteiger partial charge is 0.481 e. The Morgan fingerprint density at radius 2 is 1.86 bits per heavy atom. The van der Waals surface area contributed by atoms with E-state index in [0.717, 1.165) is 5.56 Å². The van der Waals surface area contributed by atoms with Crippen LogP contribution in [0.3, 0.4) is 0 Å². The summed E-state index contributed by atoms with van der Waals surface area (Å²) in [5.74, 6) is -3.13. The second kappa shape index (κ2) is 7.82. The van der Waals surface area contributed by atoms with Crippen LogP contribution in [-0.2, 0) is 9.59 Å². The molecule has 0 heterocycles. The third-order valence-electron chi connectivity index (χ3n) is 2.98. The monoisotopic (exact) mass is 288 g/mol. The molecule has 6 nitrogen and oxygen atoms in total. The van der Waals surface area contributed by atoms with Crippen molar-refractivity contribution in [2.45, 2.75) is 18.9 Å². The number of hydrogen-bond acceptors (Lipinski definition) is 4. The highest BCUT2D eigenvalue weighted by molar-refractivity contribution is 5.76. The molecule has 0 amide bonds. The molecule has 0 fully saturated rings. The van der Waals surface area contributed by atoms with Crippen molar-refractivity contribution in [2.75, 3.05) is 0 Å². The quantitative estimate of drug-likeness (QED) is 0.697. The van der Waals surface area contributed by atoms with E-state index < -0.39 is 23.9 Å². The fourth-order valence-corrected chi connectivity index (χ4v) is 1.74. The third-order valence-corrected chi connectivity index (χ3v) is 2.98. The smallest absolute Gasteiger partial charge is 0.320 e. The fraction of sp³-hybridized carbons (Fsp3) is 0.267. The Kier molecular flexibility index (Phi) is 6.11. The number of hydrogen-bond donors (Lipinski definition) is 3. The molecule has 0 unspecified atom stereocenters. The zero-order valence-corrected chi connectivity index (χ0v) is 11.3. The lowest BCUT2D eigenvalue weighted by molar-refractivity contribution is -0.143. The molecule has 1 aromatic rings. The number of carboxylic acids is 2. The van der Waals surface area contributed by atoms with E-state index in [-0.39, 0.29) is 12.8 Å². The molecular weight excluding hydrogens is 272 g/mol. The second-order valence-corrected chi connectivity index (χ2v) is 4.59. The van der Waals surface area contributed by atoms with Gasteiger partial charge in [-0.3, -0.25) is 9.59 Å². The number of nitrogens with zero attached hydrogens (tertiary/aromatic N) is 1. The molecule has 0 radical (unpaired) electrons. The number of aliphatic carboxylic acids is 2. The Hall–Kier alpha value is -2.65. The standard InChI is InChI=1S/C15H16N2O4/c16-9-11-6-4-10(5-7-11)2-1-3-12(14(18)19)8-13(17)15(20)21/h1-2,4-7,12-13H,3,8,17H2,(H,18,19)(H,20,21)/b2-1+/t12-,13+/m1/s1. The Balaban J connectivity index is 2.63. The lowest BCUT2D eigenvalue weighted by Crippen LogP contribution is -2.34. The molecule has 21 heavy (non-hydrogen) atoms. The van der Waals surface area contributed by atoms with Crippen molar-refractivity contribution in [1.29, 1.82) is 5.26 Å². The van der Waals surface area contributed by atoms with Gasteiger partial charge in [-0.15, -0.1) is 0 Å². The van der Waals surface area contributed by atoms with Crippen LogP contribution in [0.2, 0.25) is 0 Å². The highest BCUT2D eigenvalue weighted by Crippen LogP contribution is 2.14. The first kappa shape index (κ1) is 16.4. The van der Waals surface area contributed by atoms with E-state index in [4.69, 9.17) is 21.2 Å². The molecule has 1 aromatic carbocycles. The Labute approximate surface area is 122 Å². The first-order valence-corrected chi connectivity index (χ1v) is 6.32. The summed E-state index contributed by atoms with van der Waals surface area (Å²) in [7, 11) is 0. The van der Waals surface area contributed by atoms with Crippen molar-refractivity contribution < 1.29 is 19.8 Å². The topological polar surface area (TPSA) is 124 Å². The minimum atomic E-state index is -1.21. The zero-order valence-electron chi connectivity index (χ0n) is 11.3. The van der Waals surface area contributed by atoms with Gasteiger partial charge in [-0.2, -0.15) is 5.26 Å². The lowest BCUT2D eigenvalue weighted by Gasteiger charge is -2.12. The van der Waals surface area contributed by atoms with Gasteiger partial charge in [-0.05, 0) is 30.5 Å². The molecular formula is C15H16N2O4. The summed E-state index contributed by atoms with van der Waals surface area (Å²) in [6, 6.07) is 7.63. The van der Waals surface area contributed by atoms with Crippen molar-refractivity contribution >= 4 is 18.0 Å². The van der Waals surface area contributed by atoms with Crippen LogP contribution in [0.15, 0.2) is 30.3 Å². The first-order valence-electron chi connectivity index (χ1n) is 6.32. The van der Waals surface area contributed by atoms with Gasteiger partial charge in [0.1, 0.15) is 6.04 Å². The summed E-state index contributed by atoms with van der Waals surface area (Å²) in [5, 5.41) is 26.4. The maximum Gasteiger partial charge on any atom is 0.320 e. The minimum absolute atomic E-state index is 0.123. The highest BCUT2D eigenvalue weighted by Gasteiger charge is 2.23. The number of carboxylic acid groups (broad SMARTS) is 2. The molecule has 0 saturated carbocycles. The molecule has 6 heteroatoms. The van der Waals surface area contributed by atoms with Gasteiger partial charge < -0.3 is 15.9 Å². The van der Waals surface area contributed by atoms with E-state index in [1.807, 2.05) is 6.07 Å². The number of benzene rings is 1. The van der Waals surface area contributed by atoms with Crippen molar-refractivity contribution in [3.05, 3.63) is 41.5 Å². The van der Waals surface area contributed by atoms with Gasteiger partial charge in [0.2, 0.25) is 0 Å². The summed E-state index contributed by atoms with van der Waals surface area (Å²) >= 11 is 0. The molecule has 1 rings (SSSR count). The number of carbonyl (C=O) groups is 2. The summed E-state index contributed by atoms with van der Waals surface area (Å²) in [6.07, 6.45) is 3.46. The fourth-order valence-electron chi connectivity index (χ4n) is 1.74. The lowest BCUT2D eigenvalue weighted by atomic mass is 9.96. The molecule has 0 aliphatic rings. The van der Waals surface area contributed by atoms with Crippen LogP contribution in [0.4, 0.5) is 0 Å². The molecule has 0 aliphatic heterocycles. The van der Waals surface area contributed by atoms with E-state index in [0.29, 0.717) is 5.56 Å². The van der Waals surface area contributed by atoms with Crippen LogP contribution in [0.5, 0.6) is 0 Å². The van der Waals surface area contributed by atoms with Crippen LogP contribution >= 0.6 is 0 Å². The van der Waals surface area contributed by atoms with E-state index >= 15 is 0 Å². The molecule has 2 atom stereocenters. The molecule has 110 valence electrons. The van der Waals surface area contributed by atoms with E-state index in [1.165, 1.54) is 0 Å². The summed E-state index contributed by atoms with van der Waals surface area (Å²) in [4.78, 5) is 21.7. The molecule has 0 aliphatic carbocycles. The van der Waals surface area contributed by atoms with Crippen molar-refractivity contribution in [3.63, 3.8) is 0 Å². The molecule has 4 N–H and O–H groups in total. The normalized spacial score (nSPS) is 13.5. The Morgan fingerprint density at radius 1 is 1.24 bits per heavy atom. The molecule has 0 aromatic heterocycles. The van der Waals surface area contributed by atoms with Gasteiger partial charge in [-0.25, -0.2) is 0 Å². The van der Waals surface area contributed by atoms with Crippen molar-refractivity contribution in [3.8, 4) is 6.07 Å². The van der Waals surface area contributed by atoms with Crippen LogP contribution in [0, 0.1) is 17.2 Å². The number of nitriles is 1. The molecule has 0 spiro atoms. The second-order valence-electron chi connectivity index (χ2n) is 4.59. The van der Waals surface area contributed by atoms with Crippen LogP contribution in [0.25, 0.3) is 6.08 Å². The summed E-state index contributed by atoms with van der Waals surface area (Å²) < 4.78 is 0. The van der Waals surface area contributed by atoms with Gasteiger partial charge >= 0.3 is 11.9 Å². The van der Waals surface area contributed by atoms with Crippen molar-refractivity contribution in [2.24, 2.45) is 11.7 Å². The molecule has 0 saturated heterocycles. The van der Waals surface area contributed by atoms with Crippen LogP contribution in [0.1, 0.15) is 24.0 Å². The first-order chi connectivity index (χ1) is 9.93. The minimum Gasteiger partial charge on any atom is -0.481 e. The summed E-state index contributed by atoms with van der Waals surface area (Å²) in [6.45, 7) is 0. The maximum atomic E-state index is 11.1. The Bertz CT molecular complexity index is 572. The van der Waals surface area contributed by atoms with Crippen LogP contribution < -0.4 is 5.73 Å². The average molecular weight is 288 g/mol. The van der Waals surface area contributed by atoms with Gasteiger partial charge in [-0.1, -0.05) is 24.3 Å². The van der Waals surface area contributed by atoms with E-state index in [2.05, 4.69) is 0 Å². The maximum absolute atomic E-state index is 11.1. The highest BCUT2D eigenvalue weighted by atomic mass is 16.4. The SMILES string of the molecule is N#Cc1ccc(/C=C/C[C@H](C[C@H](N)C(=O)O)C(=O)O)cc1. The average Bonchev–Trinajstić information content (AvgIpc) is 2.46. The van der Waals surface area contributed by atoms with Crippen molar-refractivity contribution in [1.82, 2.24) is 0 Å². The number of nitrogens with two attached hydrogens (primary N) is 1. The predicted octanol–water partition coefficient (Wildman–Crippen LogP) is 1.46. The number of rotatable bonds is 7. The Morgan fingerprint density at radius 3 is 2.33 bits per heavy atom. The van der Waals surface area contributed by atoms with E-state index in [9.17, 15) is 9.59 Å². The van der Waals surface area contributed by atoms with Gasteiger partial charge in [0.25, 0.3) is 0 Å². The van der Waals surface area contributed by atoms with Gasteiger partial charge in [0.05, 0.1) is 17.6 Å². The number of allylic oxidation sites excluding steroid dienone is 1. The molecule has 0 bridgehead atoms.